The first kappa shape index (κ1) is 17.6. The molecule has 1 aliphatic rings. The summed E-state index contributed by atoms with van der Waals surface area (Å²) in [6, 6.07) is 7.94. The lowest BCUT2D eigenvalue weighted by Gasteiger charge is -2.34. The maximum atomic E-state index is 12.8. The van der Waals surface area contributed by atoms with Crippen LogP contribution in [-0.2, 0) is 0 Å². The third kappa shape index (κ3) is 3.36. The van der Waals surface area contributed by atoms with E-state index in [9.17, 15) is 4.79 Å². The van der Waals surface area contributed by atoms with Gasteiger partial charge < -0.3 is 9.80 Å². The van der Waals surface area contributed by atoms with E-state index in [1.807, 2.05) is 28.5 Å². The molecule has 0 spiro atoms. The van der Waals surface area contributed by atoms with Gasteiger partial charge in [-0.3, -0.25) is 9.89 Å². The molecule has 0 atom stereocenters. The van der Waals surface area contributed by atoms with Gasteiger partial charge in [-0.25, -0.2) is 4.98 Å². The van der Waals surface area contributed by atoms with E-state index >= 15 is 0 Å². The van der Waals surface area contributed by atoms with Crippen molar-refractivity contribution in [1.29, 1.82) is 0 Å². The number of thiazole rings is 1. The van der Waals surface area contributed by atoms with Gasteiger partial charge in [-0.2, -0.15) is 16.4 Å². The molecule has 1 aliphatic heterocycles. The van der Waals surface area contributed by atoms with Crippen LogP contribution in [0.4, 0.5) is 5.13 Å². The zero-order valence-corrected chi connectivity index (χ0v) is 17.3. The van der Waals surface area contributed by atoms with E-state index in [-0.39, 0.29) is 5.91 Å². The molecule has 4 aromatic rings. The summed E-state index contributed by atoms with van der Waals surface area (Å²) in [5.74, 6) is -0.0168. The van der Waals surface area contributed by atoms with Gasteiger partial charge in [-0.15, -0.1) is 22.7 Å². The largest absolute Gasteiger partial charge is 0.345 e. The van der Waals surface area contributed by atoms with Crippen LogP contribution in [0.3, 0.4) is 0 Å². The Hall–Kier alpha value is -2.49. The zero-order chi connectivity index (χ0) is 18.9. The number of aromatic amines is 1. The van der Waals surface area contributed by atoms with Crippen LogP contribution in [0, 0.1) is 0 Å². The highest BCUT2D eigenvalue weighted by Gasteiger charge is 2.25. The van der Waals surface area contributed by atoms with Crippen molar-refractivity contribution in [3.05, 3.63) is 51.5 Å². The second-order valence-corrected chi connectivity index (χ2v) is 9.02. The molecule has 5 heterocycles. The number of nitrogens with zero attached hydrogens (tertiary/aromatic N) is 4. The van der Waals surface area contributed by atoms with E-state index in [1.165, 1.54) is 5.56 Å². The Bertz CT molecular complexity index is 1060. The highest BCUT2D eigenvalue weighted by Crippen LogP contribution is 2.29. The van der Waals surface area contributed by atoms with E-state index in [2.05, 4.69) is 37.3 Å². The topological polar surface area (TPSA) is 65.1 Å². The molecular weight excluding hydrogens is 410 g/mol. The number of rotatable bonds is 4. The summed E-state index contributed by atoms with van der Waals surface area (Å²) in [7, 11) is 0. The lowest BCUT2D eigenvalue weighted by molar-refractivity contribution is 0.0741. The number of amides is 1. The molecule has 0 saturated carbocycles. The maximum Gasteiger partial charge on any atom is 0.274 e. The standard InChI is InChI=1S/C19H17N5OS3/c25-18(15-10-14(21-22-15)17-2-1-8-27-17)23-4-6-24(7-5-23)19-20-16(12-28-19)13-3-9-26-11-13/h1-3,8-12H,4-7H2,(H,21,22). The van der Waals surface area contributed by atoms with E-state index in [4.69, 9.17) is 4.98 Å². The average molecular weight is 428 g/mol. The second kappa shape index (κ2) is 7.50. The smallest absolute Gasteiger partial charge is 0.274 e. The number of thiophene rings is 2. The van der Waals surface area contributed by atoms with Crippen molar-refractivity contribution < 1.29 is 4.79 Å². The third-order valence-electron chi connectivity index (χ3n) is 4.73. The predicted molar refractivity (Wildman–Crippen MR) is 115 cm³/mol. The minimum Gasteiger partial charge on any atom is -0.345 e. The highest BCUT2D eigenvalue weighted by molar-refractivity contribution is 7.14. The molecular formula is C19H17N5OS3. The zero-order valence-electron chi connectivity index (χ0n) is 14.9. The molecule has 142 valence electrons. The number of anilines is 1. The molecule has 0 bridgehead atoms. The predicted octanol–water partition coefficient (Wildman–Crippen LogP) is 4.29. The van der Waals surface area contributed by atoms with E-state index in [0.29, 0.717) is 18.8 Å². The average Bonchev–Trinajstić information content (AvgIpc) is 3.52. The van der Waals surface area contributed by atoms with E-state index < -0.39 is 0 Å². The number of hydrogen-bond acceptors (Lipinski definition) is 7. The first-order valence-electron chi connectivity index (χ1n) is 8.89. The Morgan fingerprint density at radius 1 is 1.07 bits per heavy atom. The van der Waals surface area contributed by atoms with Crippen molar-refractivity contribution in [2.24, 2.45) is 0 Å². The molecule has 5 rings (SSSR count). The second-order valence-electron chi connectivity index (χ2n) is 6.45. The molecule has 28 heavy (non-hydrogen) atoms. The monoisotopic (exact) mass is 427 g/mol. The van der Waals surface area contributed by atoms with Crippen LogP contribution >= 0.6 is 34.0 Å². The Balaban J connectivity index is 1.23. The minimum absolute atomic E-state index is 0.0168. The van der Waals surface area contributed by atoms with Crippen LogP contribution in [0.5, 0.6) is 0 Å². The minimum atomic E-state index is -0.0168. The first-order valence-corrected chi connectivity index (χ1v) is 11.6. The number of hydrogen-bond donors (Lipinski definition) is 1. The lowest BCUT2D eigenvalue weighted by atomic mass is 10.2. The summed E-state index contributed by atoms with van der Waals surface area (Å²) in [4.78, 5) is 22.8. The molecule has 0 aliphatic carbocycles. The molecule has 1 saturated heterocycles. The molecule has 4 aromatic heterocycles. The van der Waals surface area contributed by atoms with Gasteiger partial charge in [0.05, 0.1) is 16.3 Å². The van der Waals surface area contributed by atoms with E-state index in [0.717, 1.165) is 34.5 Å². The number of H-pyrrole nitrogens is 1. The van der Waals surface area contributed by atoms with Crippen molar-refractivity contribution in [3.63, 3.8) is 0 Å². The summed E-state index contributed by atoms with van der Waals surface area (Å²) in [6.07, 6.45) is 0. The van der Waals surface area contributed by atoms with Gasteiger partial charge in [-0.1, -0.05) is 6.07 Å². The van der Waals surface area contributed by atoms with Crippen LogP contribution in [0.15, 0.2) is 45.8 Å². The normalized spacial score (nSPS) is 14.6. The molecule has 1 amide bonds. The Morgan fingerprint density at radius 3 is 2.71 bits per heavy atom. The van der Waals surface area contributed by atoms with Crippen LogP contribution in [0.1, 0.15) is 10.5 Å². The van der Waals surface area contributed by atoms with Crippen LogP contribution < -0.4 is 4.90 Å². The summed E-state index contributed by atoms with van der Waals surface area (Å²) in [6.45, 7) is 2.91. The highest BCUT2D eigenvalue weighted by atomic mass is 32.1. The number of carbonyl (C=O) groups excluding carboxylic acids is 1. The van der Waals surface area contributed by atoms with Gasteiger partial charge in [0, 0.05) is 42.5 Å². The van der Waals surface area contributed by atoms with Gasteiger partial charge in [-0.05, 0) is 29.0 Å². The lowest BCUT2D eigenvalue weighted by Crippen LogP contribution is -2.48. The van der Waals surface area contributed by atoms with Crippen molar-refractivity contribution in [3.8, 4) is 21.8 Å². The van der Waals surface area contributed by atoms with Crippen LogP contribution in [0.25, 0.3) is 21.8 Å². The molecule has 1 fully saturated rings. The van der Waals surface area contributed by atoms with Crippen molar-refractivity contribution in [2.75, 3.05) is 31.1 Å². The van der Waals surface area contributed by atoms with E-state index in [1.54, 1.807) is 34.0 Å². The van der Waals surface area contributed by atoms with Gasteiger partial charge >= 0.3 is 0 Å². The number of nitrogens with one attached hydrogen (secondary N) is 1. The Kier molecular flexibility index (Phi) is 4.71. The van der Waals surface area contributed by atoms with Crippen molar-refractivity contribution in [1.82, 2.24) is 20.1 Å². The van der Waals surface area contributed by atoms with Crippen molar-refractivity contribution in [2.45, 2.75) is 0 Å². The van der Waals surface area contributed by atoms with Gasteiger partial charge in [0.25, 0.3) is 5.91 Å². The van der Waals surface area contributed by atoms with Gasteiger partial charge in [0.15, 0.2) is 10.8 Å². The fraction of sp³-hybridized carbons (Fsp3) is 0.211. The van der Waals surface area contributed by atoms with Crippen LogP contribution in [0.2, 0.25) is 0 Å². The molecule has 9 heteroatoms. The van der Waals surface area contributed by atoms with Crippen molar-refractivity contribution >= 4 is 45.0 Å². The first-order chi connectivity index (χ1) is 13.8. The fourth-order valence-corrected chi connectivity index (χ4v) is 5.44. The molecule has 6 nitrogen and oxygen atoms in total. The third-order valence-corrected chi connectivity index (χ3v) is 7.22. The fourth-order valence-electron chi connectivity index (χ4n) is 3.20. The summed E-state index contributed by atoms with van der Waals surface area (Å²) < 4.78 is 0. The Morgan fingerprint density at radius 2 is 1.96 bits per heavy atom. The van der Waals surface area contributed by atoms with Crippen LogP contribution in [-0.4, -0.2) is 52.2 Å². The Labute approximate surface area is 174 Å². The molecule has 0 aromatic carbocycles. The summed E-state index contributed by atoms with van der Waals surface area (Å²) in [5.41, 5.74) is 3.56. The SMILES string of the molecule is O=C(c1cc(-c2cccs2)[nH]n1)N1CCN(c2nc(-c3ccsc3)cs2)CC1. The summed E-state index contributed by atoms with van der Waals surface area (Å²) >= 11 is 4.97. The quantitative estimate of drug-likeness (QED) is 0.528. The maximum absolute atomic E-state index is 12.8. The number of piperazine rings is 1. The molecule has 1 N–H and O–H groups in total. The number of carbonyl (C=O) groups is 1. The number of aromatic nitrogens is 3. The molecule has 0 unspecified atom stereocenters. The summed E-state index contributed by atoms with van der Waals surface area (Å²) in [5, 5.41) is 16.5. The molecule has 0 radical (unpaired) electrons. The van der Waals surface area contributed by atoms with Gasteiger partial charge in [0.2, 0.25) is 0 Å². The van der Waals surface area contributed by atoms with Gasteiger partial charge in [0.1, 0.15) is 0 Å².